The van der Waals surface area contributed by atoms with Crippen LogP contribution in [0.3, 0.4) is 0 Å². The fraction of sp³-hybridized carbons (Fsp3) is 0.269. The molecule has 1 aliphatic carbocycles. The summed E-state index contributed by atoms with van der Waals surface area (Å²) in [6, 6.07) is 15.0. The molecule has 0 radical (unpaired) electrons. The number of aromatic nitrogens is 1. The second kappa shape index (κ2) is 9.32. The molecule has 2 heterocycles. The van der Waals surface area contributed by atoms with Gasteiger partial charge in [-0.2, -0.15) is 5.26 Å². The van der Waals surface area contributed by atoms with Gasteiger partial charge in [-0.3, -0.25) is 14.7 Å². The van der Waals surface area contributed by atoms with Crippen molar-refractivity contribution in [3.8, 4) is 6.07 Å². The van der Waals surface area contributed by atoms with E-state index < -0.39 is 17.4 Å². The highest BCUT2D eigenvalue weighted by Gasteiger charge is 2.54. The molecule has 6 nitrogen and oxygen atoms in total. The van der Waals surface area contributed by atoms with E-state index in [2.05, 4.69) is 20.9 Å². The van der Waals surface area contributed by atoms with Crippen molar-refractivity contribution in [3.05, 3.63) is 98.0 Å². The predicted octanol–water partition coefficient (Wildman–Crippen LogP) is 5.15. The van der Waals surface area contributed by atoms with Crippen molar-refractivity contribution < 1.29 is 19.0 Å². The monoisotopic (exact) mass is 555 g/mol. The number of rotatable bonds is 6. The molecule has 1 aromatic heterocycles. The number of halogens is 3. The highest BCUT2D eigenvalue weighted by molar-refractivity contribution is 9.10. The minimum absolute atomic E-state index is 0.0200. The molecule has 2 aromatic carbocycles. The number of aliphatic hydroxyl groups excluding tert-OH is 1. The molecule has 35 heavy (non-hydrogen) atoms. The number of fused-ring (bicyclic) bond motifs is 1. The van der Waals surface area contributed by atoms with Crippen LogP contribution in [0.25, 0.3) is 0 Å². The van der Waals surface area contributed by atoms with E-state index in [0.29, 0.717) is 39.2 Å². The molecule has 3 aromatic rings. The lowest BCUT2D eigenvalue weighted by atomic mass is 9.83. The van der Waals surface area contributed by atoms with Crippen molar-refractivity contribution in [2.24, 2.45) is 5.92 Å². The van der Waals surface area contributed by atoms with Gasteiger partial charge in [-0.1, -0.05) is 39.7 Å². The van der Waals surface area contributed by atoms with Crippen LogP contribution in [0, 0.1) is 23.1 Å². The Morgan fingerprint density at radius 1 is 1.26 bits per heavy atom. The van der Waals surface area contributed by atoms with Crippen LogP contribution in [-0.2, 0) is 17.0 Å². The summed E-state index contributed by atoms with van der Waals surface area (Å²) in [6.07, 6.45) is 2.22. The summed E-state index contributed by atoms with van der Waals surface area (Å²) in [6.45, 7) is 0.241. The van der Waals surface area contributed by atoms with Crippen molar-refractivity contribution in [2.45, 2.75) is 31.2 Å². The topological polar surface area (TPSA) is 86.5 Å². The van der Waals surface area contributed by atoms with Crippen molar-refractivity contribution in [1.29, 1.82) is 5.26 Å². The molecule has 5 rings (SSSR count). The first-order valence-corrected chi connectivity index (χ1v) is 12.2. The van der Waals surface area contributed by atoms with E-state index in [1.165, 1.54) is 17.2 Å². The summed E-state index contributed by atoms with van der Waals surface area (Å²) in [5.41, 5.74) is 0.200. The molecule has 1 aliphatic heterocycles. The molecule has 178 valence electrons. The van der Waals surface area contributed by atoms with Crippen molar-refractivity contribution in [3.63, 3.8) is 0 Å². The molecule has 1 N–H and O–H groups in total. The zero-order chi connectivity index (χ0) is 24.7. The number of hydrogen-bond acceptors (Lipinski definition) is 5. The Bertz CT molecular complexity index is 1320. The van der Waals surface area contributed by atoms with Crippen LogP contribution >= 0.6 is 27.5 Å². The highest BCUT2D eigenvalue weighted by Crippen LogP contribution is 2.49. The van der Waals surface area contributed by atoms with Crippen LogP contribution in [0.1, 0.15) is 45.6 Å². The second-order valence-electron chi connectivity index (χ2n) is 8.80. The number of carbonyl (C=O) groups excluding carboxylic acids is 1. The average molecular weight is 557 g/mol. The molecular weight excluding hydrogens is 537 g/mol. The number of hydrogen-bond donors (Lipinski definition) is 1. The molecule has 1 saturated carbocycles. The van der Waals surface area contributed by atoms with E-state index in [1.54, 1.807) is 42.5 Å². The second-order valence-corrected chi connectivity index (χ2v) is 10.2. The first-order valence-electron chi connectivity index (χ1n) is 11.1. The van der Waals surface area contributed by atoms with Crippen molar-refractivity contribution >= 4 is 33.4 Å². The maximum atomic E-state index is 15.7. The minimum atomic E-state index is -1.57. The van der Waals surface area contributed by atoms with Crippen molar-refractivity contribution in [1.82, 2.24) is 9.88 Å². The number of pyridine rings is 1. The lowest BCUT2D eigenvalue weighted by Crippen LogP contribution is -2.48. The van der Waals surface area contributed by atoms with Gasteiger partial charge in [0.2, 0.25) is 0 Å². The van der Waals surface area contributed by atoms with Gasteiger partial charge < -0.3 is 9.84 Å². The summed E-state index contributed by atoms with van der Waals surface area (Å²) in [4.78, 5) is 19.6. The summed E-state index contributed by atoms with van der Waals surface area (Å²) in [7, 11) is 0. The van der Waals surface area contributed by atoms with Crippen LogP contribution < -0.4 is 0 Å². The Morgan fingerprint density at radius 3 is 2.63 bits per heavy atom. The Hall–Kier alpha value is -2.83. The number of carbonyl (C=O) groups is 1. The maximum absolute atomic E-state index is 15.7. The highest BCUT2D eigenvalue weighted by atomic mass is 79.9. The van der Waals surface area contributed by atoms with Gasteiger partial charge in [-0.05, 0) is 55.2 Å². The van der Waals surface area contributed by atoms with Gasteiger partial charge in [0, 0.05) is 21.3 Å². The van der Waals surface area contributed by atoms with Gasteiger partial charge in [0.25, 0.3) is 5.91 Å². The average Bonchev–Trinajstić information content (AvgIpc) is 3.05. The zero-order valence-electron chi connectivity index (χ0n) is 18.4. The van der Waals surface area contributed by atoms with E-state index in [1.807, 2.05) is 6.07 Å². The molecule has 0 spiro atoms. The third kappa shape index (κ3) is 4.23. The van der Waals surface area contributed by atoms with Crippen LogP contribution in [0.4, 0.5) is 4.39 Å². The van der Waals surface area contributed by atoms with Gasteiger partial charge in [-0.15, -0.1) is 0 Å². The number of aliphatic hydroxyl groups is 1. The normalized spacial score (nSPS) is 23.1. The van der Waals surface area contributed by atoms with E-state index in [-0.39, 0.29) is 36.3 Å². The lowest BCUT2D eigenvalue weighted by molar-refractivity contribution is -0.139. The molecule has 1 atom stereocenters. The minimum Gasteiger partial charge on any atom is -0.393 e. The summed E-state index contributed by atoms with van der Waals surface area (Å²) >= 11 is 9.45. The van der Waals surface area contributed by atoms with Gasteiger partial charge in [-0.25, -0.2) is 4.39 Å². The first-order chi connectivity index (χ1) is 16.8. The summed E-state index contributed by atoms with van der Waals surface area (Å²) < 4.78 is 22.6. The third-order valence-electron chi connectivity index (χ3n) is 6.50. The maximum Gasteiger partial charge on any atom is 0.257 e. The van der Waals surface area contributed by atoms with E-state index in [9.17, 15) is 9.90 Å². The molecule has 0 bridgehead atoms. The van der Waals surface area contributed by atoms with Crippen molar-refractivity contribution in [2.75, 3.05) is 6.61 Å². The zero-order valence-corrected chi connectivity index (χ0v) is 20.8. The number of nitriles is 1. The third-order valence-corrected chi connectivity index (χ3v) is 7.21. The lowest BCUT2D eigenvalue weighted by Gasteiger charge is -2.42. The van der Waals surface area contributed by atoms with Gasteiger partial charge >= 0.3 is 0 Å². The molecule has 9 heteroatoms. The molecule has 1 fully saturated rings. The SMILES string of the molecule is N#Cc1ccc(CN2C(=O)c3cc(Br)cc(F)c3C2(OCC2CC(O)C2)c2ccc(Cl)cc2)nc1. The Balaban J connectivity index is 1.67. The van der Waals surface area contributed by atoms with Gasteiger partial charge in [0.15, 0.2) is 5.72 Å². The Morgan fingerprint density at radius 2 is 2.00 bits per heavy atom. The van der Waals surface area contributed by atoms with E-state index >= 15 is 4.39 Å². The van der Waals surface area contributed by atoms with Crippen LogP contribution in [0.2, 0.25) is 5.02 Å². The number of benzene rings is 2. The Kier molecular flexibility index (Phi) is 6.36. The summed E-state index contributed by atoms with van der Waals surface area (Å²) in [5.74, 6) is -0.904. The fourth-order valence-corrected chi connectivity index (χ4v) is 5.28. The van der Waals surface area contributed by atoms with E-state index in [4.69, 9.17) is 21.6 Å². The van der Waals surface area contributed by atoms with Gasteiger partial charge in [0.1, 0.15) is 11.9 Å². The Labute approximate surface area is 215 Å². The van der Waals surface area contributed by atoms with E-state index in [0.717, 1.165) is 0 Å². The molecule has 2 aliphatic rings. The van der Waals surface area contributed by atoms with Gasteiger partial charge in [0.05, 0.1) is 41.6 Å². The fourth-order valence-electron chi connectivity index (χ4n) is 4.72. The number of amides is 1. The molecular formula is C26H20BrClFN3O3. The van der Waals surface area contributed by atoms with Crippen LogP contribution in [0.15, 0.2) is 59.2 Å². The molecule has 1 unspecified atom stereocenters. The molecule has 0 saturated heterocycles. The number of ether oxygens (including phenoxy) is 1. The summed E-state index contributed by atoms with van der Waals surface area (Å²) in [5, 5.41) is 19.4. The quantitative estimate of drug-likeness (QED) is 0.454. The standard InChI is InChI=1S/C26H20BrClFN3O3/c27-18-9-22-24(23(29)10-18)26(17-2-4-19(28)5-3-17,35-14-16-7-21(33)8-16)32(25(22)34)13-20-6-1-15(11-30)12-31-20/h1-6,9-10,12,16,21,33H,7-8,13-14H2. The first kappa shape index (κ1) is 23.9. The largest absolute Gasteiger partial charge is 0.393 e. The van der Waals surface area contributed by atoms with Crippen LogP contribution in [0.5, 0.6) is 0 Å². The smallest absolute Gasteiger partial charge is 0.257 e. The predicted molar refractivity (Wildman–Crippen MR) is 130 cm³/mol. The molecule has 1 amide bonds. The van der Waals surface area contributed by atoms with Crippen LogP contribution in [-0.4, -0.2) is 33.6 Å². The number of nitrogens with zero attached hydrogens (tertiary/aromatic N) is 3.